The lowest BCUT2D eigenvalue weighted by molar-refractivity contribution is 0.303. The van der Waals surface area contributed by atoms with Crippen LogP contribution >= 0.6 is 0 Å². The Kier molecular flexibility index (Phi) is 4.57. The second-order valence-electron chi connectivity index (χ2n) is 6.27. The Balaban J connectivity index is 1.67. The van der Waals surface area contributed by atoms with Gasteiger partial charge in [-0.15, -0.1) is 0 Å². The maximum absolute atomic E-state index is 13.7. The summed E-state index contributed by atoms with van der Waals surface area (Å²) in [5, 5.41) is 8.74. The molecule has 2 nitrogen and oxygen atoms in total. The molecule has 0 aromatic heterocycles. The number of halogens is 1. The molecule has 2 aliphatic rings. The van der Waals surface area contributed by atoms with Crippen LogP contribution in [-0.2, 0) is 6.54 Å². The Hall–Kier alpha value is -1.37. The van der Waals surface area contributed by atoms with Gasteiger partial charge in [-0.1, -0.05) is 18.3 Å². The molecule has 21 heavy (non-hydrogen) atoms. The molecule has 1 aromatic rings. The summed E-state index contributed by atoms with van der Waals surface area (Å²) in [6, 6.07) is 5.06. The summed E-state index contributed by atoms with van der Waals surface area (Å²) in [7, 11) is 0. The van der Waals surface area contributed by atoms with Crippen LogP contribution in [0.1, 0.15) is 36.8 Å². The minimum absolute atomic E-state index is 0.0473. The molecule has 2 unspecified atom stereocenters. The molecule has 1 saturated carbocycles. The van der Waals surface area contributed by atoms with Crippen LogP contribution in [0.4, 0.5) is 4.39 Å². The van der Waals surface area contributed by atoms with Crippen LogP contribution in [0.3, 0.4) is 0 Å². The SMILES string of the molecule is OCCC#Cc1cc(F)cc(CN2CC3CCCC3C2)c1. The van der Waals surface area contributed by atoms with Gasteiger partial charge in [-0.25, -0.2) is 4.39 Å². The first-order valence-electron chi connectivity index (χ1n) is 7.86. The number of aliphatic hydroxyl groups is 1. The zero-order valence-electron chi connectivity index (χ0n) is 12.3. The van der Waals surface area contributed by atoms with Gasteiger partial charge in [-0.05, 0) is 48.4 Å². The van der Waals surface area contributed by atoms with Gasteiger partial charge < -0.3 is 5.11 Å². The molecule has 2 fully saturated rings. The Bertz CT molecular complexity index is 548. The average molecular weight is 287 g/mol. The fourth-order valence-electron chi connectivity index (χ4n) is 3.75. The van der Waals surface area contributed by atoms with Crippen LogP contribution in [0.2, 0.25) is 0 Å². The summed E-state index contributed by atoms with van der Waals surface area (Å²) in [6.45, 7) is 3.19. The third-order valence-electron chi connectivity index (χ3n) is 4.64. The molecule has 1 heterocycles. The fourth-order valence-corrected chi connectivity index (χ4v) is 3.75. The van der Waals surface area contributed by atoms with Gasteiger partial charge in [0.1, 0.15) is 5.82 Å². The fraction of sp³-hybridized carbons (Fsp3) is 0.556. The molecule has 1 saturated heterocycles. The third-order valence-corrected chi connectivity index (χ3v) is 4.64. The summed E-state index contributed by atoms with van der Waals surface area (Å²) < 4.78 is 13.7. The average Bonchev–Trinajstić information content (AvgIpc) is 2.99. The van der Waals surface area contributed by atoms with E-state index in [1.165, 1.54) is 25.3 Å². The topological polar surface area (TPSA) is 23.5 Å². The van der Waals surface area contributed by atoms with E-state index in [1.54, 1.807) is 6.07 Å². The lowest BCUT2D eigenvalue weighted by Crippen LogP contribution is -2.21. The van der Waals surface area contributed by atoms with Crippen LogP contribution in [0.25, 0.3) is 0 Å². The molecule has 0 amide bonds. The van der Waals surface area contributed by atoms with Gasteiger partial charge in [0.25, 0.3) is 0 Å². The highest BCUT2D eigenvalue weighted by Gasteiger charge is 2.35. The number of benzene rings is 1. The van der Waals surface area contributed by atoms with E-state index >= 15 is 0 Å². The van der Waals surface area contributed by atoms with Gasteiger partial charge in [0, 0.05) is 31.6 Å². The predicted octanol–water partition coefficient (Wildman–Crippen LogP) is 2.79. The largest absolute Gasteiger partial charge is 0.395 e. The Labute approximate surface area is 126 Å². The Morgan fingerprint density at radius 2 is 1.95 bits per heavy atom. The number of hydrogen-bond donors (Lipinski definition) is 1. The van der Waals surface area contributed by atoms with Crippen molar-refractivity contribution in [3.05, 3.63) is 35.1 Å². The van der Waals surface area contributed by atoms with Crippen molar-refractivity contribution in [3.63, 3.8) is 0 Å². The van der Waals surface area contributed by atoms with Crippen molar-refractivity contribution in [1.29, 1.82) is 0 Å². The molecule has 2 atom stereocenters. The maximum Gasteiger partial charge on any atom is 0.124 e. The first-order valence-corrected chi connectivity index (χ1v) is 7.86. The van der Waals surface area contributed by atoms with Crippen molar-refractivity contribution < 1.29 is 9.50 Å². The van der Waals surface area contributed by atoms with E-state index in [1.807, 2.05) is 6.07 Å². The van der Waals surface area contributed by atoms with Crippen molar-refractivity contribution in [2.45, 2.75) is 32.2 Å². The van der Waals surface area contributed by atoms with Gasteiger partial charge >= 0.3 is 0 Å². The number of rotatable bonds is 3. The molecular formula is C18H22FNO. The van der Waals surface area contributed by atoms with Crippen LogP contribution in [-0.4, -0.2) is 29.7 Å². The van der Waals surface area contributed by atoms with Gasteiger partial charge in [0.05, 0.1) is 6.61 Å². The second-order valence-corrected chi connectivity index (χ2v) is 6.27. The zero-order chi connectivity index (χ0) is 14.7. The lowest BCUT2D eigenvalue weighted by atomic mass is 10.0. The number of fused-ring (bicyclic) bond motifs is 1. The molecule has 3 heteroatoms. The highest BCUT2D eigenvalue weighted by Crippen LogP contribution is 2.38. The monoisotopic (exact) mass is 287 g/mol. The van der Waals surface area contributed by atoms with E-state index in [-0.39, 0.29) is 12.4 Å². The van der Waals surface area contributed by atoms with Crippen molar-refractivity contribution in [2.75, 3.05) is 19.7 Å². The molecule has 112 valence electrons. The van der Waals surface area contributed by atoms with Crippen molar-refractivity contribution in [3.8, 4) is 11.8 Å². The van der Waals surface area contributed by atoms with Crippen LogP contribution in [0, 0.1) is 29.5 Å². The second kappa shape index (κ2) is 6.60. The molecule has 0 radical (unpaired) electrons. The maximum atomic E-state index is 13.7. The normalized spacial score (nSPS) is 24.7. The van der Waals surface area contributed by atoms with E-state index in [9.17, 15) is 4.39 Å². The predicted molar refractivity (Wildman–Crippen MR) is 81.1 cm³/mol. The summed E-state index contributed by atoms with van der Waals surface area (Å²) in [5.74, 6) is 7.28. The molecule has 3 rings (SSSR count). The van der Waals surface area contributed by atoms with Crippen LogP contribution < -0.4 is 0 Å². The first kappa shape index (κ1) is 14.6. The van der Waals surface area contributed by atoms with E-state index in [2.05, 4.69) is 16.7 Å². The highest BCUT2D eigenvalue weighted by atomic mass is 19.1. The van der Waals surface area contributed by atoms with Gasteiger partial charge in [0.15, 0.2) is 0 Å². The van der Waals surface area contributed by atoms with E-state index in [0.29, 0.717) is 12.0 Å². The van der Waals surface area contributed by atoms with Crippen LogP contribution in [0.5, 0.6) is 0 Å². The number of aliphatic hydroxyl groups excluding tert-OH is 1. The van der Waals surface area contributed by atoms with Gasteiger partial charge in [0.2, 0.25) is 0 Å². The highest BCUT2D eigenvalue weighted by molar-refractivity contribution is 5.37. The van der Waals surface area contributed by atoms with Crippen LogP contribution in [0.15, 0.2) is 18.2 Å². The molecular weight excluding hydrogens is 265 g/mol. The molecule has 0 spiro atoms. The van der Waals surface area contributed by atoms with Crippen molar-refractivity contribution in [2.24, 2.45) is 11.8 Å². The quantitative estimate of drug-likeness (QED) is 0.864. The number of likely N-dealkylation sites (tertiary alicyclic amines) is 1. The summed E-state index contributed by atoms with van der Waals surface area (Å²) in [5.41, 5.74) is 1.71. The lowest BCUT2D eigenvalue weighted by Gasteiger charge is -2.17. The van der Waals surface area contributed by atoms with Crippen molar-refractivity contribution >= 4 is 0 Å². The smallest absolute Gasteiger partial charge is 0.124 e. The summed E-state index contributed by atoms with van der Waals surface area (Å²) in [4.78, 5) is 2.45. The van der Waals surface area contributed by atoms with E-state index in [4.69, 9.17) is 5.11 Å². The standard InChI is InChI=1S/C18H22FNO/c19-18-9-14(4-1-2-7-21)8-15(10-18)11-20-12-16-5-3-6-17(16)13-20/h8-10,16-17,21H,2-3,5-7,11-13H2. The van der Waals surface area contributed by atoms with Gasteiger partial charge in [-0.3, -0.25) is 4.90 Å². The zero-order valence-corrected chi connectivity index (χ0v) is 12.3. The number of nitrogens with zero attached hydrogens (tertiary/aromatic N) is 1. The van der Waals surface area contributed by atoms with Gasteiger partial charge in [-0.2, -0.15) is 0 Å². The summed E-state index contributed by atoms with van der Waals surface area (Å²) in [6.07, 6.45) is 4.54. The van der Waals surface area contributed by atoms with E-state index in [0.717, 1.165) is 37.0 Å². The minimum Gasteiger partial charge on any atom is -0.395 e. The minimum atomic E-state index is -0.222. The number of hydrogen-bond acceptors (Lipinski definition) is 2. The molecule has 1 aromatic carbocycles. The summed E-state index contributed by atoms with van der Waals surface area (Å²) >= 11 is 0. The third kappa shape index (κ3) is 3.64. The molecule has 0 bridgehead atoms. The first-order chi connectivity index (χ1) is 10.2. The Morgan fingerprint density at radius 3 is 2.67 bits per heavy atom. The molecule has 1 N–H and O–H groups in total. The van der Waals surface area contributed by atoms with Crippen molar-refractivity contribution in [1.82, 2.24) is 4.90 Å². The molecule has 1 aliphatic heterocycles. The molecule has 1 aliphatic carbocycles. The Morgan fingerprint density at radius 1 is 1.19 bits per heavy atom. The van der Waals surface area contributed by atoms with E-state index < -0.39 is 0 Å².